The van der Waals surface area contributed by atoms with Crippen LogP contribution in [0.5, 0.6) is 0 Å². The van der Waals surface area contributed by atoms with Crippen molar-refractivity contribution in [1.29, 1.82) is 0 Å². The van der Waals surface area contributed by atoms with Gasteiger partial charge in [-0.05, 0) is 38.1 Å². The van der Waals surface area contributed by atoms with Crippen LogP contribution in [0.4, 0.5) is 0 Å². The number of nitrogens with one attached hydrogen (secondary N) is 1. The Balaban J connectivity index is 1.80. The molecule has 2 fully saturated rings. The van der Waals surface area contributed by atoms with Crippen molar-refractivity contribution in [2.24, 2.45) is 5.92 Å². The Hall–Kier alpha value is -0.0800. The topological polar surface area (TPSA) is 21.3 Å². The fourth-order valence-electron chi connectivity index (χ4n) is 3.39. The normalized spacial score (nSPS) is 25.2. The average molecular weight is 239 g/mol. The van der Waals surface area contributed by atoms with E-state index >= 15 is 0 Å². The fraction of sp³-hybridized carbons (Fsp3) is 1.00. The van der Waals surface area contributed by atoms with Gasteiger partial charge in [-0.1, -0.05) is 39.0 Å². The van der Waals surface area contributed by atoms with Crippen LogP contribution in [0.3, 0.4) is 0 Å². The minimum atomic E-state index is 0.177. The third-order valence-corrected chi connectivity index (χ3v) is 4.56. The highest BCUT2D eigenvalue weighted by Crippen LogP contribution is 2.33. The third-order valence-electron chi connectivity index (χ3n) is 4.56. The van der Waals surface area contributed by atoms with Gasteiger partial charge in [-0.25, -0.2) is 0 Å². The van der Waals surface area contributed by atoms with Crippen molar-refractivity contribution in [1.82, 2.24) is 5.32 Å². The molecule has 0 heterocycles. The van der Waals surface area contributed by atoms with Crippen molar-refractivity contribution in [2.75, 3.05) is 19.7 Å². The first-order chi connectivity index (χ1) is 8.35. The first kappa shape index (κ1) is 13.4. The van der Waals surface area contributed by atoms with Crippen molar-refractivity contribution >= 4 is 0 Å². The number of rotatable bonds is 6. The monoisotopic (exact) mass is 239 g/mol. The molecule has 2 saturated carbocycles. The Morgan fingerprint density at radius 1 is 1.06 bits per heavy atom. The molecule has 0 radical (unpaired) electrons. The largest absolute Gasteiger partial charge is 0.373 e. The summed E-state index contributed by atoms with van der Waals surface area (Å²) in [5, 5.41) is 3.51. The molecular formula is C15H29NO. The summed E-state index contributed by atoms with van der Waals surface area (Å²) in [6.07, 6.45) is 12.3. The summed E-state index contributed by atoms with van der Waals surface area (Å²) in [6, 6.07) is 0. The van der Waals surface area contributed by atoms with E-state index in [0.717, 1.165) is 25.6 Å². The number of ether oxygens (including phenoxy) is 1. The Kier molecular flexibility index (Phi) is 5.30. The lowest BCUT2D eigenvalue weighted by molar-refractivity contribution is -0.0806. The second kappa shape index (κ2) is 6.75. The van der Waals surface area contributed by atoms with Crippen LogP contribution >= 0.6 is 0 Å². The zero-order valence-corrected chi connectivity index (χ0v) is 11.5. The maximum atomic E-state index is 6.39. The van der Waals surface area contributed by atoms with Gasteiger partial charge in [0.1, 0.15) is 0 Å². The molecular weight excluding hydrogens is 210 g/mol. The number of hydrogen-bond acceptors (Lipinski definition) is 2. The minimum Gasteiger partial charge on any atom is -0.373 e. The molecule has 0 atom stereocenters. The summed E-state index contributed by atoms with van der Waals surface area (Å²) in [6.45, 7) is 5.34. The summed E-state index contributed by atoms with van der Waals surface area (Å²) in [5.41, 5.74) is 0.177. The molecule has 100 valence electrons. The van der Waals surface area contributed by atoms with E-state index in [1.165, 1.54) is 57.8 Å². The highest BCUT2D eigenvalue weighted by Gasteiger charge is 2.33. The van der Waals surface area contributed by atoms with Crippen molar-refractivity contribution in [2.45, 2.75) is 70.3 Å². The minimum absolute atomic E-state index is 0.177. The molecule has 2 nitrogen and oxygen atoms in total. The smallest absolute Gasteiger partial charge is 0.0806 e. The highest BCUT2D eigenvalue weighted by molar-refractivity contribution is 4.87. The molecule has 0 amide bonds. The lowest BCUT2D eigenvalue weighted by Crippen LogP contribution is -2.45. The van der Waals surface area contributed by atoms with Gasteiger partial charge in [0, 0.05) is 6.54 Å². The number of hydrogen-bond donors (Lipinski definition) is 1. The molecule has 2 heteroatoms. The third kappa shape index (κ3) is 3.96. The molecule has 2 aliphatic carbocycles. The molecule has 0 spiro atoms. The van der Waals surface area contributed by atoms with Gasteiger partial charge >= 0.3 is 0 Å². The van der Waals surface area contributed by atoms with E-state index < -0.39 is 0 Å². The van der Waals surface area contributed by atoms with Gasteiger partial charge in [0.05, 0.1) is 12.2 Å². The van der Waals surface area contributed by atoms with Crippen LogP contribution in [0.25, 0.3) is 0 Å². The molecule has 0 aromatic rings. The van der Waals surface area contributed by atoms with E-state index in [4.69, 9.17) is 4.74 Å². The molecule has 0 aromatic heterocycles. The molecule has 0 aromatic carbocycles. The van der Waals surface area contributed by atoms with Crippen LogP contribution in [-0.2, 0) is 4.74 Å². The van der Waals surface area contributed by atoms with Gasteiger partial charge in [0.15, 0.2) is 0 Å². The van der Waals surface area contributed by atoms with E-state index in [1.807, 2.05) is 0 Å². The van der Waals surface area contributed by atoms with Gasteiger partial charge in [0.25, 0.3) is 0 Å². The van der Waals surface area contributed by atoms with E-state index in [0.29, 0.717) is 0 Å². The predicted molar refractivity (Wildman–Crippen MR) is 72.3 cm³/mol. The zero-order chi connectivity index (χ0) is 12.0. The van der Waals surface area contributed by atoms with Gasteiger partial charge in [0.2, 0.25) is 0 Å². The van der Waals surface area contributed by atoms with Crippen molar-refractivity contribution in [3.05, 3.63) is 0 Å². The molecule has 1 N–H and O–H groups in total. The molecule has 2 aliphatic rings. The Morgan fingerprint density at radius 3 is 2.41 bits per heavy atom. The van der Waals surface area contributed by atoms with Crippen molar-refractivity contribution in [3.8, 4) is 0 Å². The zero-order valence-electron chi connectivity index (χ0n) is 11.5. The maximum Gasteiger partial charge on any atom is 0.0806 e. The van der Waals surface area contributed by atoms with E-state index in [-0.39, 0.29) is 5.60 Å². The lowest BCUT2D eigenvalue weighted by atomic mass is 9.84. The maximum absolute atomic E-state index is 6.39. The SMILES string of the molecule is CCNCC1(OCC2CCCC2)CCCCC1. The molecule has 17 heavy (non-hydrogen) atoms. The molecule has 0 bridgehead atoms. The molecule has 0 saturated heterocycles. The lowest BCUT2D eigenvalue weighted by Gasteiger charge is -2.38. The van der Waals surface area contributed by atoms with E-state index in [9.17, 15) is 0 Å². The Morgan fingerprint density at radius 2 is 1.76 bits per heavy atom. The summed E-state index contributed by atoms with van der Waals surface area (Å²) < 4.78 is 6.39. The summed E-state index contributed by atoms with van der Waals surface area (Å²) in [7, 11) is 0. The summed E-state index contributed by atoms with van der Waals surface area (Å²) >= 11 is 0. The first-order valence-corrected chi connectivity index (χ1v) is 7.69. The summed E-state index contributed by atoms with van der Waals surface area (Å²) in [5.74, 6) is 0.857. The van der Waals surface area contributed by atoms with Crippen LogP contribution in [0.15, 0.2) is 0 Å². The second-order valence-electron chi connectivity index (χ2n) is 5.99. The molecule has 0 aliphatic heterocycles. The van der Waals surface area contributed by atoms with Crippen LogP contribution < -0.4 is 5.32 Å². The van der Waals surface area contributed by atoms with Crippen LogP contribution in [-0.4, -0.2) is 25.3 Å². The van der Waals surface area contributed by atoms with Crippen LogP contribution in [0.1, 0.15) is 64.7 Å². The fourth-order valence-corrected chi connectivity index (χ4v) is 3.39. The molecule has 2 rings (SSSR count). The number of likely N-dealkylation sites (N-methyl/N-ethyl adjacent to an activating group) is 1. The standard InChI is InChI=1S/C15H29NO/c1-2-16-13-15(10-6-3-7-11-15)17-12-14-8-4-5-9-14/h14,16H,2-13H2,1H3. The van der Waals surface area contributed by atoms with Gasteiger partial charge in [-0.2, -0.15) is 0 Å². The first-order valence-electron chi connectivity index (χ1n) is 7.69. The van der Waals surface area contributed by atoms with Crippen LogP contribution in [0, 0.1) is 5.92 Å². The Labute approximate surface area is 107 Å². The van der Waals surface area contributed by atoms with Gasteiger partial charge < -0.3 is 10.1 Å². The van der Waals surface area contributed by atoms with Crippen molar-refractivity contribution in [3.63, 3.8) is 0 Å². The predicted octanol–water partition coefficient (Wildman–Crippen LogP) is 3.51. The van der Waals surface area contributed by atoms with E-state index in [1.54, 1.807) is 0 Å². The second-order valence-corrected chi connectivity index (χ2v) is 5.99. The summed E-state index contributed by atoms with van der Waals surface area (Å²) in [4.78, 5) is 0. The average Bonchev–Trinajstić information content (AvgIpc) is 2.89. The molecule has 0 unspecified atom stereocenters. The van der Waals surface area contributed by atoms with E-state index in [2.05, 4.69) is 12.2 Å². The highest BCUT2D eigenvalue weighted by atomic mass is 16.5. The Bertz CT molecular complexity index is 205. The van der Waals surface area contributed by atoms with Crippen molar-refractivity contribution < 1.29 is 4.74 Å². The van der Waals surface area contributed by atoms with Crippen LogP contribution in [0.2, 0.25) is 0 Å². The van der Waals surface area contributed by atoms with Gasteiger partial charge in [-0.15, -0.1) is 0 Å². The van der Waals surface area contributed by atoms with Gasteiger partial charge in [-0.3, -0.25) is 0 Å². The quantitative estimate of drug-likeness (QED) is 0.766.